The van der Waals surface area contributed by atoms with Gasteiger partial charge in [-0.05, 0) is 12.5 Å². The van der Waals surface area contributed by atoms with Gasteiger partial charge in [0, 0.05) is 6.07 Å². The van der Waals surface area contributed by atoms with Crippen molar-refractivity contribution in [2.75, 3.05) is 17.6 Å². The summed E-state index contributed by atoms with van der Waals surface area (Å²) in [4.78, 5) is 10.0. The second-order valence-electron chi connectivity index (χ2n) is 3.92. The summed E-state index contributed by atoms with van der Waals surface area (Å²) in [6.45, 7) is 1.89. The minimum absolute atomic E-state index is 0.00361. The van der Waals surface area contributed by atoms with Crippen LogP contribution >= 0.6 is 0 Å². The largest absolute Gasteiger partial charge is 0.494 e. The van der Waals surface area contributed by atoms with Gasteiger partial charge < -0.3 is 4.74 Å². The summed E-state index contributed by atoms with van der Waals surface area (Å²) in [5, 5.41) is 10.6. The van der Waals surface area contributed by atoms with Gasteiger partial charge >= 0.3 is 0 Å². The van der Waals surface area contributed by atoms with Crippen LogP contribution in [0.15, 0.2) is 18.2 Å². The molecule has 0 aliphatic rings. The molecule has 0 radical (unpaired) electrons. The highest BCUT2D eigenvalue weighted by Gasteiger charge is 2.16. The van der Waals surface area contributed by atoms with Crippen molar-refractivity contribution in [2.45, 2.75) is 19.8 Å². The van der Waals surface area contributed by atoms with Crippen LogP contribution in [0.3, 0.4) is 0 Å². The van der Waals surface area contributed by atoms with Crippen LogP contribution in [0.1, 0.15) is 19.8 Å². The van der Waals surface area contributed by atoms with Crippen molar-refractivity contribution in [3.8, 4) is 5.75 Å². The number of non-ortho nitro benzene ring substituents is 1. The third kappa shape index (κ3) is 4.40. The molecule has 0 bridgehead atoms. The summed E-state index contributed by atoms with van der Waals surface area (Å²) in [5.41, 5.74) is 0.0394. The van der Waals surface area contributed by atoms with Crippen molar-refractivity contribution in [1.29, 1.82) is 0 Å². The maximum absolute atomic E-state index is 11.7. The number of sulfonamides is 1. The lowest BCUT2D eigenvalue weighted by Crippen LogP contribution is -2.17. The van der Waals surface area contributed by atoms with Crippen LogP contribution in [0.2, 0.25) is 0 Å². The molecule has 0 unspecified atom stereocenters. The molecule has 0 aliphatic carbocycles. The molecule has 19 heavy (non-hydrogen) atoms. The van der Waals surface area contributed by atoms with Crippen molar-refractivity contribution >= 4 is 21.4 Å². The lowest BCUT2D eigenvalue weighted by molar-refractivity contribution is -0.384. The summed E-state index contributed by atoms with van der Waals surface area (Å²) in [5.74, 6) is 0.123. The average Bonchev–Trinajstić information content (AvgIpc) is 2.36. The number of hydrogen-bond acceptors (Lipinski definition) is 5. The number of hydrogen-bond donors (Lipinski definition) is 1. The predicted octanol–water partition coefficient (Wildman–Crippen LogP) is 2.15. The van der Waals surface area contributed by atoms with Gasteiger partial charge in [0.25, 0.3) is 5.69 Å². The molecule has 106 valence electrons. The number of ether oxygens (including phenoxy) is 1. The zero-order valence-electron chi connectivity index (χ0n) is 10.8. The van der Waals surface area contributed by atoms with Crippen LogP contribution in [0.5, 0.6) is 5.75 Å². The van der Waals surface area contributed by atoms with Gasteiger partial charge in [-0.15, -0.1) is 0 Å². The fraction of sp³-hybridized carbons (Fsp3) is 0.455. The van der Waals surface area contributed by atoms with Crippen LogP contribution in [0.25, 0.3) is 0 Å². The van der Waals surface area contributed by atoms with Crippen LogP contribution in [0.4, 0.5) is 11.4 Å². The zero-order chi connectivity index (χ0) is 14.5. The molecule has 1 N–H and O–H groups in total. The van der Waals surface area contributed by atoms with E-state index in [0.29, 0.717) is 6.42 Å². The Hall–Kier alpha value is -1.83. The van der Waals surface area contributed by atoms with Crippen LogP contribution in [-0.4, -0.2) is 26.2 Å². The quantitative estimate of drug-likeness (QED) is 0.612. The highest BCUT2D eigenvalue weighted by Crippen LogP contribution is 2.29. The molecule has 0 saturated carbocycles. The zero-order valence-corrected chi connectivity index (χ0v) is 11.6. The number of methoxy groups -OCH3 is 1. The summed E-state index contributed by atoms with van der Waals surface area (Å²) in [6, 6.07) is 3.72. The average molecular weight is 288 g/mol. The Balaban J connectivity index is 2.98. The standard InChI is InChI=1S/C11H16N2O5S/c1-3-4-7-19(16,17)12-10-6-5-9(13(14)15)8-11(10)18-2/h5-6,8,12H,3-4,7H2,1-2H3. The Morgan fingerprint density at radius 2 is 2.11 bits per heavy atom. The van der Waals surface area contributed by atoms with Gasteiger partial charge in [-0.2, -0.15) is 0 Å². The molecule has 0 amide bonds. The highest BCUT2D eigenvalue weighted by molar-refractivity contribution is 7.92. The van der Waals surface area contributed by atoms with Gasteiger partial charge in [-0.1, -0.05) is 13.3 Å². The van der Waals surface area contributed by atoms with Gasteiger partial charge in [0.15, 0.2) is 0 Å². The molecule has 0 heterocycles. The number of nitrogens with zero attached hydrogens (tertiary/aromatic N) is 1. The lowest BCUT2D eigenvalue weighted by Gasteiger charge is -2.11. The van der Waals surface area contributed by atoms with E-state index in [9.17, 15) is 18.5 Å². The number of rotatable bonds is 7. The monoisotopic (exact) mass is 288 g/mol. The Labute approximate surface area is 111 Å². The van der Waals surface area contributed by atoms with E-state index < -0.39 is 14.9 Å². The molecule has 0 atom stereocenters. The molecule has 0 spiro atoms. The van der Waals surface area contributed by atoms with E-state index in [-0.39, 0.29) is 22.9 Å². The summed E-state index contributed by atoms with van der Waals surface area (Å²) < 4.78 is 30.8. The molecule has 0 aromatic heterocycles. The maximum Gasteiger partial charge on any atom is 0.273 e. The van der Waals surface area contributed by atoms with Crippen molar-refractivity contribution in [2.24, 2.45) is 0 Å². The van der Waals surface area contributed by atoms with E-state index in [0.717, 1.165) is 6.42 Å². The van der Waals surface area contributed by atoms with E-state index in [4.69, 9.17) is 4.74 Å². The fourth-order valence-corrected chi connectivity index (χ4v) is 2.71. The second kappa shape index (κ2) is 6.37. The molecule has 7 nitrogen and oxygen atoms in total. The molecule has 8 heteroatoms. The Morgan fingerprint density at radius 3 is 2.63 bits per heavy atom. The topological polar surface area (TPSA) is 98.5 Å². The Morgan fingerprint density at radius 1 is 1.42 bits per heavy atom. The first-order chi connectivity index (χ1) is 8.89. The molecule has 1 aromatic rings. The third-order valence-electron chi connectivity index (χ3n) is 2.43. The summed E-state index contributed by atoms with van der Waals surface area (Å²) >= 11 is 0. The van der Waals surface area contributed by atoms with Gasteiger partial charge in [0.2, 0.25) is 10.0 Å². The summed E-state index contributed by atoms with van der Waals surface area (Å²) in [6.07, 6.45) is 1.31. The number of nitro benzene ring substituents is 1. The van der Waals surface area contributed by atoms with Crippen LogP contribution in [-0.2, 0) is 10.0 Å². The molecular weight excluding hydrogens is 272 g/mol. The van der Waals surface area contributed by atoms with E-state index >= 15 is 0 Å². The van der Waals surface area contributed by atoms with E-state index in [1.165, 1.54) is 25.3 Å². The van der Waals surface area contributed by atoms with Crippen molar-refractivity contribution in [1.82, 2.24) is 0 Å². The van der Waals surface area contributed by atoms with Crippen molar-refractivity contribution < 1.29 is 18.1 Å². The van der Waals surface area contributed by atoms with E-state index in [1.807, 2.05) is 6.92 Å². The first-order valence-electron chi connectivity index (χ1n) is 5.72. The minimum Gasteiger partial charge on any atom is -0.494 e. The van der Waals surface area contributed by atoms with Gasteiger partial charge in [-0.25, -0.2) is 8.42 Å². The lowest BCUT2D eigenvalue weighted by atomic mass is 10.2. The van der Waals surface area contributed by atoms with Gasteiger partial charge in [-0.3, -0.25) is 14.8 Å². The Bertz CT molecular complexity index is 556. The number of anilines is 1. The van der Waals surface area contributed by atoms with Gasteiger partial charge in [0.1, 0.15) is 5.75 Å². The maximum atomic E-state index is 11.7. The number of benzene rings is 1. The SMILES string of the molecule is CCCCS(=O)(=O)Nc1ccc([N+](=O)[O-])cc1OC. The number of nitrogens with one attached hydrogen (secondary N) is 1. The molecule has 0 fully saturated rings. The number of nitro groups is 1. The summed E-state index contributed by atoms with van der Waals surface area (Å²) in [7, 11) is -2.14. The normalized spacial score (nSPS) is 11.1. The molecular formula is C11H16N2O5S. The number of unbranched alkanes of at least 4 members (excludes halogenated alkanes) is 1. The first-order valence-corrected chi connectivity index (χ1v) is 7.37. The fourth-order valence-electron chi connectivity index (χ4n) is 1.43. The van der Waals surface area contributed by atoms with E-state index in [2.05, 4.69) is 4.72 Å². The minimum atomic E-state index is -3.46. The highest BCUT2D eigenvalue weighted by atomic mass is 32.2. The van der Waals surface area contributed by atoms with Crippen molar-refractivity contribution in [3.63, 3.8) is 0 Å². The molecule has 1 aromatic carbocycles. The Kier molecular flexibility index (Phi) is 5.11. The van der Waals surface area contributed by atoms with Crippen LogP contribution in [0, 0.1) is 10.1 Å². The molecule has 1 rings (SSSR count). The predicted molar refractivity (Wildman–Crippen MR) is 72.0 cm³/mol. The smallest absolute Gasteiger partial charge is 0.273 e. The molecule has 0 aliphatic heterocycles. The van der Waals surface area contributed by atoms with E-state index in [1.54, 1.807) is 0 Å². The van der Waals surface area contributed by atoms with Crippen molar-refractivity contribution in [3.05, 3.63) is 28.3 Å². The van der Waals surface area contributed by atoms with Crippen LogP contribution < -0.4 is 9.46 Å². The second-order valence-corrected chi connectivity index (χ2v) is 5.76. The first kappa shape index (κ1) is 15.2. The third-order valence-corrected chi connectivity index (χ3v) is 3.79. The molecule has 0 saturated heterocycles. The van der Waals surface area contributed by atoms with Gasteiger partial charge in [0.05, 0.1) is 29.5 Å².